The van der Waals surface area contributed by atoms with Gasteiger partial charge >= 0.3 is 0 Å². The van der Waals surface area contributed by atoms with E-state index >= 15 is 0 Å². The summed E-state index contributed by atoms with van der Waals surface area (Å²) in [5, 5.41) is 3.25. The van der Waals surface area contributed by atoms with Gasteiger partial charge in [0.1, 0.15) is 0 Å². The van der Waals surface area contributed by atoms with Crippen molar-refractivity contribution in [1.29, 1.82) is 0 Å². The minimum absolute atomic E-state index is 0.233. The summed E-state index contributed by atoms with van der Waals surface area (Å²) >= 11 is 0. The molecule has 19 heavy (non-hydrogen) atoms. The van der Waals surface area contributed by atoms with E-state index in [4.69, 9.17) is 0 Å². The summed E-state index contributed by atoms with van der Waals surface area (Å²) in [6.45, 7) is 3.88. The van der Waals surface area contributed by atoms with Crippen LogP contribution in [0.5, 0.6) is 0 Å². The second-order valence-electron chi connectivity index (χ2n) is 5.58. The van der Waals surface area contributed by atoms with E-state index in [9.17, 15) is 8.42 Å². The highest BCUT2D eigenvalue weighted by Gasteiger charge is 2.26. The van der Waals surface area contributed by atoms with Crippen LogP contribution in [-0.4, -0.2) is 44.7 Å². The van der Waals surface area contributed by atoms with E-state index in [1.54, 1.807) is 11.4 Å². The quantitative estimate of drug-likeness (QED) is 0.551. The second-order valence-corrected chi connectivity index (χ2v) is 7.73. The van der Waals surface area contributed by atoms with Gasteiger partial charge in [-0.2, -0.15) is 0 Å². The molecule has 0 aromatic rings. The van der Waals surface area contributed by atoms with Crippen LogP contribution in [-0.2, 0) is 10.0 Å². The van der Waals surface area contributed by atoms with Gasteiger partial charge < -0.3 is 5.32 Å². The van der Waals surface area contributed by atoms with Crippen LogP contribution in [0.1, 0.15) is 58.3 Å². The van der Waals surface area contributed by atoms with Gasteiger partial charge in [0.15, 0.2) is 0 Å². The summed E-state index contributed by atoms with van der Waals surface area (Å²) in [4.78, 5) is 0. The predicted octanol–water partition coefficient (Wildman–Crippen LogP) is 2.36. The van der Waals surface area contributed by atoms with Crippen molar-refractivity contribution in [2.24, 2.45) is 0 Å². The molecule has 4 nitrogen and oxygen atoms in total. The molecule has 0 radical (unpaired) electrons. The van der Waals surface area contributed by atoms with Crippen molar-refractivity contribution >= 4 is 10.0 Å². The van der Waals surface area contributed by atoms with Crippen LogP contribution in [0, 0.1) is 0 Å². The first kappa shape index (κ1) is 16.9. The third kappa shape index (κ3) is 6.23. The van der Waals surface area contributed by atoms with Crippen LogP contribution in [0.2, 0.25) is 0 Å². The summed E-state index contributed by atoms with van der Waals surface area (Å²) in [6.07, 6.45) is 8.71. The highest BCUT2D eigenvalue weighted by Crippen LogP contribution is 2.23. The fourth-order valence-corrected chi connectivity index (χ4v) is 4.14. The zero-order chi connectivity index (χ0) is 14.1. The van der Waals surface area contributed by atoms with E-state index in [0.29, 0.717) is 6.42 Å². The van der Waals surface area contributed by atoms with E-state index in [2.05, 4.69) is 12.2 Å². The fraction of sp³-hybridized carbons (Fsp3) is 1.00. The Hall–Kier alpha value is -0.130. The van der Waals surface area contributed by atoms with Gasteiger partial charge in [0.05, 0.1) is 5.75 Å². The number of hydrogen-bond acceptors (Lipinski definition) is 3. The lowest BCUT2D eigenvalue weighted by molar-refractivity contribution is 0.335. The Bertz CT molecular complexity index is 322. The second kappa shape index (κ2) is 8.93. The largest absolute Gasteiger partial charge is 0.317 e. The highest BCUT2D eigenvalue weighted by atomic mass is 32.2. The molecule has 114 valence electrons. The van der Waals surface area contributed by atoms with Gasteiger partial charge in [0.2, 0.25) is 10.0 Å². The number of hydrogen-bond donors (Lipinski definition) is 1. The first-order valence-corrected chi connectivity index (χ1v) is 9.35. The van der Waals surface area contributed by atoms with Crippen molar-refractivity contribution < 1.29 is 8.42 Å². The zero-order valence-electron chi connectivity index (χ0n) is 12.5. The van der Waals surface area contributed by atoms with E-state index in [1.807, 2.05) is 0 Å². The van der Waals surface area contributed by atoms with Gasteiger partial charge in [-0.1, -0.05) is 32.6 Å². The Morgan fingerprint density at radius 1 is 1.11 bits per heavy atom. The molecular formula is C14H30N2O2S. The number of sulfonamides is 1. The molecule has 0 unspecified atom stereocenters. The molecule has 1 aliphatic rings. The summed E-state index contributed by atoms with van der Waals surface area (Å²) in [6, 6.07) is 0.233. The zero-order valence-corrected chi connectivity index (χ0v) is 13.3. The highest BCUT2D eigenvalue weighted by molar-refractivity contribution is 7.89. The van der Waals surface area contributed by atoms with Gasteiger partial charge in [-0.15, -0.1) is 0 Å². The molecule has 1 fully saturated rings. The summed E-state index contributed by atoms with van der Waals surface area (Å²) in [7, 11) is -1.30. The lowest BCUT2D eigenvalue weighted by atomic mass is 10.1. The van der Waals surface area contributed by atoms with Crippen LogP contribution in [0.25, 0.3) is 0 Å². The lowest BCUT2D eigenvalue weighted by Crippen LogP contribution is -2.38. The third-order valence-corrected chi connectivity index (χ3v) is 5.94. The molecule has 0 amide bonds. The molecule has 0 saturated heterocycles. The Balaban J connectivity index is 2.37. The van der Waals surface area contributed by atoms with Crippen molar-refractivity contribution in [3.63, 3.8) is 0 Å². The Kier molecular flexibility index (Phi) is 7.95. The monoisotopic (exact) mass is 290 g/mol. The van der Waals surface area contributed by atoms with Crippen molar-refractivity contribution in [2.45, 2.75) is 64.3 Å². The van der Waals surface area contributed by atoms with Crippen molar-refractivity contribution in [3.8, 4) is 0 Å². The van der Waals surface area contributed by atoms with Crippen LogP contribution in [0.4, 0.5) is 0 Å². The molecule has 1 N–H and O–H groups in total. The smallest absolute Gasteiger partial charge is 0.214 e. The molecular weight excluding hydrogens is 260 g/mol. The summed E-state index contributed by atoms with van der Waals surface area (Å²) in [5.74, 6) is 0.275. The Labute approximate surface area is 119 Å². The van der Waals surface area contributed by atoms with Crippen LogP contribution >= 0.6 is 0 Å². The minimum atomic E-state index is -3.07. The van der Waals surface area contributed by atoms with E-state index in [-0.39, 0.29) is 11.8 Å². The van der Waals surface area contributed by atoms with Gasteiger partial charge in [-0.25, -0.2) is 12.7 Å². The molecule has 0 aromatic carbocycles. The molecule has 0 aromatic heterocycles. The molecule has 0 atom stereocenters. The first-order chi connectivity index (χ1) is 9.08. The average Bonchev–Trinajstić information content (AvgIpc) is 2.66. The topological polar surface area (TPSA) is 49.4 Å². The third-order valence-electron chi connectivity index (χ3n) is 3.96. The van der Waals surface area contributed by atoms with E-state index in [1.165, 1.54) is 25.7 Å². The fourth-order valence-electron chi connectivity index (χ4n) is 2.67. The summed E-state index contributed by atoms with van der Waals surface area (Å²) < 4.78 is 26.2. The van der Waals surface area contributed by atoms with Crippen LogP contribution in [0.3, 0.4) is 0 Å². The standard InChI is InChI=1S/C14H30N2O2S/c1-3-11-15-12-8-13-19(17,18)16(2)14-9-6-4-5-7-10-14/h14-15H,3-13H2,1-2H3. The Morgan fingerprint density at radius 2 is 1.74 bits per heavy atom. The maximum Gasteiger partial charge on any atom is 0.214 e. The lowest BCUT2D eigenvalue weighted by Gasteiger charge is -2.26. The van der Waals surface area contributed by atoms with Crippen LogP contribution < -0.4 is 5.32 Å². The molecule has 1 aliphatic carbocycles. The van der Waals surface area contributed by atoms with Crippen molar-refractivity contribution in [1.82, 2.24) is 9.62 Å². The molecule has 5 heteroatoms. The van der Waals surface area contributed by atoms with Gasteiger partial charge in [-0.05, 0) is 38.8 Å². The predicted molar refractivity (Wildman–Crippen MR) is 80.8 cm³/mol. The molecule has 0 heterocycles. The molecule has 0 bridgehead atoms. The SMILES string of the molecule is CCCNCCCS(=O)(=O)N(C)C1CCCCCC1. The number of nitrogens with zero attached hydrogens (tertiary/aromatic N) is 1. The minimum Gasteiger partial charge on any atom is -0.317 e. The van der Waals surface area contributed by atoms with Crippen LogP contribution in [0.15, 0.2) is 0 Å². The maximum absolute atomic E-state index is 12.3. The van der Waals surface area contributed by atoms with E-state index in [0.717, 1.165) is 32.4 Å². The summed E-state index contributed by atoms with van der Waals surface area (Å²) in [5.41, 5.74) is 0. The number of rotatable bonds is 8. The van der Waals surface area contributed by atoms with Gasteiger partial charge in [0.25, 0.3) is 0 Å². The maximum atomic E-state index is 12.3. The average molecular weight is 290 g/mol. The molecule has 0 aliphatic heterocycles. The number of nitrogens with one attached hydrogen (secondary N) is 1. The normalized spacial score (nSPS) is 18.7. The molecule has 1 saturated carbocycles. The molecule has 1 rings (SSSR count). The van der Waals surface area contributed by atoms with Crippen molar-refractivity contribution in [3.05, 3.63) is 0 Å². The van der Waals surface area contributed by atoms with E-state index < -0.39 is 10.0 Å². The Morgan fingerprint density at radius 3 is 2.32 bits per heavy atom. The van der Waals surface area contributed by atoms with Crippen molar-refractivity contribution in [2.75, 3.05) is 25.9 Å². The molecule has 0 spiro atoms. The first-order valence-electron chi connectivity index (χ1n) is 7.74. The van der Waals surface area contributed by atoms with Gasteiger partial charge in [-0.3, -0.25) is 0 Å². The van der Waals surface area contributed by atoms with Gasteiger partial charge in [0, 0.05) is 13.1 Å².